The summed E-state index contributed by atoms with van der Waals surface area (Å²) in [7, 11) is -0.736. The van der Waals surface area contributed by atoms with Crippen LogP contribution in [0.1, 0.15) is 41.7 Å². The molecule has 3 heterocycles. The van der Waals surface area contributed by atoms with E-state index in [1.165, 1.54) is 6.07 Å². The molecule has 1 aliphatic rings. The van der Waals surface area contributed by atoms with Crippen molar-refractivity contribution in [1.29, 1.82) is 0 Å². The van der Waals surface area contributed by atoms with Crippen molar-refractivity contribution in [1.82, 2.24) is 14.7 Å². The summed E-state index contributed by atoms with van der Waals surface area (Å²) in [6.07, 6.45) is 3.07. The van der Waals surface area contributed by atoms with Crippen molar-refractivity contribution >= 4 is 33.4 Å². The Labute approximate surface area is 199 Å². The Morgan fingerprint density at radius 3 is 2.64 bits per heavy atom. The summed E-state index contributed by atoms with van der Waals surface area (Å²) in [4.78, 5) is 5.01. The number of hydrogen-bond acceptors (Lipinski definition) is 4. The van der Waals surface area contributed by atoms with Gasteiger partial charge in [0.25, 0.3) is 0 Å². The van der Waals surface area contributed by atoms with Gasteiger partial charge in [-0.05, 0) is 68.5 Å². The lowest BCUT2D eigenvalue weighted by Crippen LogP contribution is -2.23. The second-order valence-corrected chi connectivity index (χ2v) is 10.7. The molecule has 0 N–H and O–H groups in total. The molecule has 5 nitrogen and oxygen atoms in total. The zero-order chi connectivity index (χ0) is 23.1. The van der Waals surface area contributed by atoms with E-state index in [4.69, 9.17) is 21.1 Å². The summed E-state index contributed by atoms with van der Waals surface area (Å²) in [5, 5.41) is 4.22. The maximum Gasteiger partial charge on any atom is 0.142 e. The number of nitrogens with zero attached hydrogens (tertiary/aromatic N) is 3. The van der Waals surface area contributed by atoms with Gasteiger partial charge in [-0.3, -0.25) is 4.21 Å². The molecular weight excluding hydrogens is 461 g/mol. The van der Waals surface area contributed by atoms with Gasteiger partial charge < -0.3 is 9.09 Å². The zero-order valence-electron chi connectivity index (χ0n) is 18.6. The monoisotopic (exact) mass is 485 g/mol. The van der Waals surface area contributed by atoms with Crippen LogP contribution in [-0.4, -0.2) is 30.4 Å². The number of imidazole rings is 1. The molecule has 0 aliphatic carbocycles. The predicted molar refractivity (Wildman–Crippen MR) is 130 cm³/mol. The van der Waals surface area contributed by atoms with Gasteiger partial charge in [0, 0.05) is 40.3 Å². The summed E-state index contributed by atoms with van der Waals surface area (Å²) >= 11 is 5.84. The Bertz CT molecular complexity index is 1330. The molecule has 0 bridgehead atoms. The van der Waals surface area contributed by atoms with Crippen molar-refractivity contribution in [2.24, 2.45) is 0 Å². The summed E-state index contributed by atoms with van der Waals surface area (Å²) in [5.41, 5.74) is 5.75. The van der Waals surface area contributed by atoms with Crippen molar-refractivity contribution in [2.75, 3.05) is 11.5 Å². The van der Waals surface area contributed by atoms with Crippen LogP contribution < -0.4 is 0 Å². The molecule has 0 saturated carbocycles. The minimum absolute atomic E-state index is 0.132. The molecule has 0 atom stereocenters. The fourth-order valence-electron chi connectivity index (χ4n) is 4.77. The van der Waals surface area contributed by atoms with E-state index >= 15 is 0 Å². The van der Waals surface area contributed by atoms with E-state index in [2.05, 4.69) is 27.9 Å². The van der Waals surface area contributed by atoms with E-state index in [0.29, 0.717) is 24.3 Å². The van der Waals surface area contributed by atoms with Gasteiger partial charge in [0.15, 0.2) is 0 Å². The van der Waals surface area contributed by atoms with Crippen LogP contribution in [0.5, 0.6) is 0 Å². The molecule has 0 radical (unpaired) electrons. The number of halogens is 2. The Kier molecular flexibility index (Phi) is 6.10. The van der Waals surface area contributed by atoms with Gasteiger partial charge in [-0.1, -0.05) is 28.9 Å². The van der Waals surface area contributed by atoms with E-state index < -0.39 is 16.6 Å². The van der Waals surface area contributed by atoms with Crippen molar-refractivity contribution in [3.05, 3.63) is 70.1 Å². The molecule has 1 fully saturated rings. The molecule has 5 rings (SSSR count). The second-order valence-electron chi connectivity index (χ2n) is 8.63. The smallest absolute Gasteiger partial charge is 0.142 e. The van der Waals surface area contributed by atoms with Crippen LogP contribution in [0.2, 0.25) is 5.02 Å². The van der Waals surface area contributed by atoms with Crippen molar-refractivity contribution < 1.29 is 13.1 Å². The second kappa shape index (κ2) is 9.03. The average Bonchev–Trinajstić information content (AvgIpc) is 3.33. The Morgan fingerprint density at radius 2 is 1.94 bits per heavy atom. The van der Waals surface area contributed by atoms with Gasteiger partial charge in [-0.2, -0.15) is 0 Å². The minimum atomic E-state index is -0.736. The van der Waals surface area contributed by atoms with Crippen LogP contribution in [0.25, 0.3) is 22.2 Å². The lowest BCUT2D eigenvalue weighted by Gasteiger charge is -2.25. The van der Waals surface area contributed by atoms with Gasteiger partial charge in [0.2, 0.25) is 0 Å². The zero-order valence-corrected chi connectivity index (χ0v) is 20.2. The molecule has 1 aliphatic heterocycles. The third-order valence-corrected chi connectivity index (χ3v) is 8.12. The number of benzene rings is 2. The normalized spacial score (nSPS) is 18.8. The average molecular weight is 486 g/mol. The quantitative estimate of drug-likeness (QED) is 0.349. The summed E-state index contributed by atoms with van der Waals surface area (Å²) < 4.78 is 33.6. The summed E-state index contributed by atoms with van der Waals surface area (Å²) in [6, 6.07) is 11.5. The molecule has 0 spiro atoms. The molecular formula is C25H25ClFN3O2S. The van der Waals surface area contributed by atoms with Crippen LogP contribution in [0.3, 0.4) is 0 Å². The van der Waals surface area contributed by atoms with Crippen LogP contribution in [0, 0.1) is 19.7 Å². The first kappa shape index (κ1) is 22.3. The highest BCUT2D eigenvalue weighted by Gasteiger charge is 2.24. The van der Waals surface area contributed by atoms with E-state index in [9.17, 15) is 8.60 Å². The molecule has 172 valence electrons. The topological polar surface area (TPSA) is 60.9 Å². The highest BCUT2D eigenvalue weighted by Crippen LogP contribution is 2.33. The van der Waals surface area contributed by atoms with Crippen LogP contribution >= 0.6 is 11.6 Å². The highest BCUT2D eigenvalue weighted by atomic mass is 35.5. The lowest BCUT2D eigenvalue weighted by atomic mass is 10.0. The predicted octanol–water partition coefficient (Wildman–Crippen LogP) is 5.97. The van der Waals surface area contributed by atoms with Crippen LogP contribution in [-0.2, 0) is 23.6 Å². The molecule has 8 heteroatoms. The number of fused-ring (bicyclic) bond motifs is 1. The Hall–Kier alpha value is -2.51. The van der Waals surface area contributed by atoms with Gasteiger partial charge in [-0.25, -0.2) is 9.37 Å². The van der Waals surface area contributed by atoms with Crippen molar-refractivity contribution in [3.8, 4) is 11.1 Å². The van der Waals surface area contributed by atoms with Crippen molar-refractivity contribution in [2.45, 2.75) is 45.6 Å². The molecule has 1 saturated heterocycles. The Balaban J connectivity index is 1.54. The fraction of sp³-hybridized carbons (Fsp3) is 0.360. The third kappa shape index (κ3) is 4.36. The molecule has 4 aromatic rings. The molecule has 2 aromatic heterocycles. The van der Waals surface area contributed by atoms with Gasteiger partial charge >= 0.3 is 0 Å². The first-order chi connectivity index (χ1) is 15.9. The largest absolute Gasteiger partial charge is 0.361 e. The first-order valence-corrected chi connectivity index (χ1v) is 13.0. The van der Waals surface area contributed by atoms with Crippen LogP contribution in [0.4, 0.5) is 4.39 Å². The van der Waals surface area contributed by atoms with E-state index in [0.717, 1.165) is 57.8 Å². The number of aryl methyl sites for hydroxylation is 4. The highest BCUT2D eigenvalue weighted by molar-refractivity contribution is 7.85. The van der Waals surface area contributed by atoms with E-state index in [1.54, 1.807) is 6.07 Å². The first-order valence-electron chi connectivity index (χ1n) is 11.1. The van der Waals surface area contributed by atoms with Crippen molar-refractivity contribution in [3.63, 3.8) is 0 Å². The lowest BCUT2D eigenvalue weighted by molar-refractivity contribution is 0.393. The van der Waals surface area contributed by atoms with Gasteiger partial charge in [-0.15, -0.1) is 0 Å². The van der Waals surface area contributed by atoms with Crippen LogP contribution in [0.15, 0.2) is 40.9 Å². The molecule has 2 aromatic carbocycles. The summed E-state index contributed by atoms with van der Waals surface area (Å²) in [6.45, 7) is 3.85. The van der Waals surface area contributed by atoms with Gasteiger partial charge in [0.05, 0.1) is 21.7 Å². The maximum atomic E-state index is 13.9. The van der Waals surface area contributed by atoms with E-state index in [-0.39, 0.29) is 11.1 Å². The van der Waals surface area contributed by atoms with Gasteiger partial charge in [0.1, 0.15) is 17.4 Å². The third-order valence-electron chi connectivity index (χ3n) is 6.43. The molecule has 0 amide bonds. The number of hydrogen-bond donors (Lipinski definition) is 0. The number of rotatable bonds is 5. The standard InChI is InChI=1S/C25H25ClFN3O2S/c1-15-25(16(2)32-29-15)18-5-7-23-22(14-18)28-24(30(23)19-9-11-33(31)12-10-19)8-4-17-3-6-20(26)21(27)13-17/h3,5-7,13-14,19H,4,8-12H2,1-2H3. The summed E-state index contributed by atoms with van der Waals surface area (Å²) in [5.74, 6) is 2.77. The SMILES string of the molecule is Cc1noc(C)c1-c1ccc2c(c1)nc(CCc1ccc(Cl)c(F)c1)n2C1CCS(=O)CC1. The van der Waals surface area contributed by atoms with E-state index in [1.807, 2.05) is 19.9 Å². The number of aromatic nitrogens is 3. The molecule has 0 unspecified atom stereocenters. The fourth-order valence-corrected chi connectivity index (χ4v) is 6.17. The minimum Gasteiger partial charge on any atom is -0.361 e. The Morgan fingerprint density at radius 1 is 1.15 bits per heavy atom. The maximum absolute atomic E-state index is 13.9. The molecule has 33 heavy (non-hydrogen) atoms.